The van der Waals surface area contributed by atoms with Crippen molar-refractivity contribution in [2.75, 3.05) is 32.7 Å². The summed E-state index contributed by atoms with van der Waals surface area (Å²) in [5, 5.41) is 2.79. The molecule has 0 fully saturated rings. The number of aldehydes is 1. The molecular weight excluding hydrogens is 414 g/mol. The van der Waals surface area contributed by atoms with Gasteiger partial charge in [0.2, 0.25) is 5.75 Å². The van der Waals surface area contributed by atoms with E-state index in [1.54, 1.807) is 18.2 Å². The van der Waals surface area contributed by atoms with Crippen molar-refractivity contribution in [3.05, 3.63) is 29.3 Å². The number of carbonyl (C=O) groups excluding carboxylic acids is 3. The van der Waals surface area contributed by atoms with Crippen LogP contribution in [0.25, 0.3) is 21.5 Å². The standard InChI is InChI=1S/C24H23NO7/c1-12(27)31-14-6-7-15-17(10-14)18(11-26)21-19-16(8-9-25(21)3)22(29-4)24(32-13(2)28)23(30-5)20(15)19/h6-7,10-11H,8-9H2,1-5H3. The molecule has 3 aromatic carbocycles. The van der Waals surface area contributed by atoms with E-state index in [-0.39, 0.29) is 5.75 Å². The highest BCUT2D eigenvalue weighted by atomic mass is 16.6. The molecule has 0 atom stereocenters. The van der Waals surface area contributed by atoms with Gasteiger partial charge in [0.15, 0.2) is 17.8 Å². The number of benzene rings is 3. The smallest absolute Gasteiger partial charge is 0.308 e. The van der Waals surface area contributed by atoms with Gasteiger partial charge in [-0.3, -0.25) is 14.4 Å². The van der Waals surface area contributed by atoms with Gasteiger partial charge in [0.05, 0.1) is 19.9 Å². The number of fused-ring (bicyclic) bond motifs is 2. The first-order valence-electron chi connectivity index (χ1n) is 10.1. The Morgan fingerprint density at radius 3 is 2.22 bits per heavy atom. The maximum Gasteiger partial charge on any atom is 0.308 e. The summed E-state index contributed by atoms with van der Waals surface area (Å²) in [4.78, 5) is 37.7. The fraction of sp³-hybridized carbons (Fsp3) is 0.292. The maximum absolute atomic E-state index is 12.3. The fourth-order valence-corrected chi connectivity index (χ4v) is 4.50. The number of hydrogen-bond acceptors (Lipinski definition) is 8. The zero-order chi connectivity index (χ0) is 23.2. The summed E-state index contributed by atoms with van der Waals surface area (Å²) in [6.07, 6.45) is 1.43. The zero-order valence-corrected chi connectivity index (χ0v) is 18.5. The van der Waals surface area contributed by atoms with E-state index in [0.717, 1.165) is 22.9 Å². The topological polar surface area (TPSA) is 91.4 Å². The van der Waals surface area contributed by atoms with Crippen LogP contribution in [0, 0.1) is 0 Å². The molecule has 8 nitrogen and oxygen atoms in total. The number of anilines is 1. The third-order valence-corrected chi connectivity index (χ3v) is 5.62. The Hall–Kier alpha value is -3.81. The van der Waals surface area contributed by atoms with Crippen LogP contribution in [0.15, 0.2) is 18.2 Å². The van der Waals surface area contributed by atoms with Crippen molar-refractivity contribution in [1.82, 2.24) is 0 Å². The molecule has 0 amide bonds. The van der Waals surface area contributed by atoms with Gasteiger partial charge in [-0.1, -0.05) is 0 Å². The van der Waals surface area contributed by atoms with Crippen LogP contribution in [-0.2, 0) is 16.0 Å². The van der Waals surface area contributed by atoms with Gasteiger partial charge >= 0.3 is 11.9 Å². The van der Waals surface area contributed by atoms with Crippen LogP contribution >= 0.6 is 0 Å². The third-order valence-electron chi connectivity index (χ3n) is 5.62. The lowest BCUT2D eigenvalue weighted by Crippen LogP contribution is -2.26. The van der Waals surface area contributed by atoms with E-state index in [9.17, 15) is 14.4 Å². The number of ether oxygens (including phenoxy) is 4. The highest BCUT2D eigenvalue weighted by molar-refractivity contribution is 6.24. The SMILES string of the molecule is COc1c(OC(C)=O)c(OC)c2c3c1CCN(C)c3c(C=O)c1cc(OC(C)=O)ccc12. The lowest BCUT2D eigenvalue weighted by Gasteiger charge is -2.32. The normalized spacial score (nSPS) is 12.6. The molecule has 32 heavy (non-hydrogen) atoms. The molecule has 0 aromatic heterocycles. The van der Waals surface area contributed by atoms with Crippen LogP contribution in [-0.4, -0.2) is 46.0 Å². The summed E-state index contributed by atoms with van der Waals surface area (Å²) in [7, 11) is 4.91. The Bertz CT molecular complexity index is 1300. The van der Waals surface area contributed by atoms with Crippen LogP contribution in [0.5, 0.6) is 23.0 Å². The summed E-state index contributed by atoms with van der Waals surface area (Å²) >= 11 is 0. The van der Waals surface area contributed by atoms with Crippen molar-refractivity contribution in [1.29, 1.82) is 0 Å². The van der Waals surface area contributed by atoms with Crippen LogP contribution in [0.2, 0.25) is 0 Å². The van der Waals surface area contributed by atoms with Crippen LogP contribution < -0.4 is 23.8 Å². The number of likely N-dealkylation sites (N-methyl/N-ethyl adjacent to an activating group) is 1. The minimum Gasteiger partial charge on any atom is -0.492 e. The first-order chi connectivity index (χ1) is 15.3. The van der Waals surface area contributed by atoms with E-state index in [1.807, 2.05) is 11.9 Å². The van der Waals surface area contributed by atoms with Crippen molar-refractivity contribution in [2.45, 2.75) is 20.3 Å². The summed E-state index contributed by atoms with van der Waals surface area (Å²) in [6, 6.07) is 5.08. The van der Waals surface area contributed by atoms with E-state index >= 15 is 0 Å². The van der Waals surface area contributed by atoms with E-state index in [4.69, 9.17) is 18.9 Å². The van der Waals surface area contributed by atoms with Crippen molar-refractivity contribution in [3.63, 3.8) is 0 Å². The average Bonchev–Trinajstić information content (AvgIpc) is 2.74. The molecule has 0 aliphatic carbocycles. The molecular formula is C24H23NO7. The van der Waals surface area contributed by atoms with Gasteiger partial charge in [-0.05, 0) is 35.4 Å². The lowest BCUT2D eigenvalue weighted by atomic mass is 9.87. The number of nitrogens with zero attached hydrogens (tertiary/aromatic N) is 1. The van der Waals surface area contributed by atoms with Gasteiger partial charge in [-0.2, -0.15) is 0 Å². The molecule has 1 aliphatic heterocycles. The fourth-order valence-electron chi connectivity index (χ4n) is 4.50. The van der Waals surface area contributed by atoms with E-state index < -0.39 is 11.9 Å². The van der Waals surface area contributed by atoms with Gasteiger partial charge in [0.1, 0.15) is 5.75 Å². The zero-order valence-electron chi connectivity index (χ0n) is 18.5. The van der Waals surface area contributed by atoms with Crippen molar-refractivity contribution in [3.8, 4) is 23.0 Å². The van der Waals surface area contributed by atoms with Gasteiger partial charge in [0.25, 0.3) is 0 Å². The van der Waals surface area contributed by atoms with Gasteiger partial charge < -0.3 is 23.8 Å². The highest BCUT2D eigenvalue weighted by Crippen LogP contribution is 2.54. The average molecular weight is 437 g/mol. The molecule has 4 rings (SSSR count). The second-order valence-corrected chi connectivity index (χ2v) is 7.57. The van der Waals surface area contributed by atoms with E-state index in [1.165, 1.54) is 28.1 Å². The predicted octanol–water partition coefficient (Wildman–Crippen LogP) is 3.67. The molecule has 8 heteroatoms. The molecule has 166 valence electrons. The number of rotatable bonds is 5. The maximum atomic E-state index is 12.3. The summed E-state index contributed by atoms with van der Waals surface area (Å²) in [6.45, 7) is 3.25. The van der Waals surface area contributed by atoms with Crippen LogP contribution in [0.1, 0.15) is 29.8 Å². The quantitative estimate of drug-likeness (QED) is 0.258. The van der Waals surface area contributed by atoms with Crippen LogP contribution in [0.4, 0.5) is 5.69 Å². The van der Waals surface area contributed by atoms with Gasteiger partial charge in [0, 0.05) is 49.3 Å². The number of methoxy groups -OCH3 is 2. The van der Waals surface area contributed by atoms with Crippen molar-refractivity contribution < 1.29 is 33.3 Å². The lowest BCUT2D eigenvalue weighted by molar-refractivity contribution is -0.132. The minimum absolute atomic E-state index is 0.199. The molecule has 3 aromatic rings. The molecule has 0 N–H and O–H groups in total. The molecule has 0 spiro atoms. The largest absolute Gasteiger partial charge is 0.492 e. The molecule has 0 radical (unpaired) electrons. The molecule has 0 saturated carbocycles. The Morgan fingerprint density at radius 1 is 0.938 bits per heavy atom. The molecule has 0 unspecified atom stereocenters. The Labute approximate surface area is 184 Å². The number of hydrogen-bond donors (Lipinski definition) is 0. The summed E-state index contributed by atoms with van der Waals surface area (Å²) in [5.74, 6) is 0.294. The molecule has 1 heterocycles. The first-order valence-corrected chi connectivity index (χ1v) is 10.1. The van der Waals surface area contributed by atoms with Gasteiger partial charge in [-0.25, -0.2) is 0 Å². The summed E-state index contributed by atoms with van der Waals surface area (Å²) in [5.41, 5.74) is 2.02. The monoisotopic (exact) mass is 437 g/mol. The molecule has 1 aliphatic rings. The first kappa shape index (κ1) is 21.4. The Morgan fingerprint density at radius 2 is 1.62 bits per heavy atom. The highest BCUT2D eigenvalue weighted by Gasteiger charge is 2.32. The predicted molar refractivity (Wildman–Crippen MR) is 120 cm³/mol. The molecule has 0 saturated heterocycles. The number of esters is 2. The second kappa shape index (κ2) is 8.03. The summed E-state index contributed by atoms with van der Waals surface area (Å²) < 4.78 is 22.2. The number of carbonyl (C=O) groups is 3. The van der Waals surface area contributed by atoms with Crippen molar-refractivity contribution >= 4 is 45.5 Å². The van der Waals surface area contributed by atoms with Crippen LogP contribution in [0.3, 0.4) is 0 Å². The van der Waals surface area contributed by atoms with Crippen molar-refractivity contribution in [2.24, 2.45) is 0 Å². The van der Waals surface area contributed by atoms with E-state index in [0.29, 0.717) is 51.9 Å². The van der Waals surface area contributed by atoms with E-state index in [2.05, 4.69) is 0 Å². The van der Waals surface area contributed by atoms with Gasteiger partial charge in [-0.15, -0.1) is 0 Å². The Kier molecular flexibility index (Phi) is 5.38. The minimum atomic E-state index is -0.507. The second-order valence-electron chi connectivity index (χ2n) is 7.57. The molecule has 0 bridgehead atoms. The third kappa shape index (κ3) is 3.19. The Balaban J connectivity index is 2.27.